The third kappa shape index (κ3) is 2.80. The third-order valence-electron chi connectivity index (χ3n) is 3.31. The lowest BCUT2D eigenvalue weighted by Crippen LogP contribution is -2.15. The van der Waals surface area contributed by atoms with Crippen LogP contribution in [0.15, 0.2) is 54.9 Å². The number of hydrogen-bond acceptors (Lipinski definition) is 3. The first kappa shape index (κ1) is 13.8. The van der Waals surface area contributed by atoms with Crippen LogP contribution >= 0.6 is 0 Å². The van der Waals surface area contributed by atoms with Crippen molar-refractivity contribution in [2.24, 2.45) is 5.73 Å². The summed E-state index contributed by atoms with van der Waals surface area (Å²) in [5.41, 5.74) is 7.96. The topological polar surface area (TPSA) is 89.5 Å². The van der Waals surface area contributed by atoms with Gasteiger partial charge in [0, 0.05) is 11.8 Å². The summed E-state index contributed by atoms with van der Waals surface area (Å²) >= 11 is 0. The fourth-order valence-electron chi connectivity index (χ4n) is 2.22. The van der Waals surface area contributed by atoms with Gasteiger partial charge in [-0.1, -0.05) is 12.1 Å². The Morgan fingerprint density at radius 2 is 1.91 bits per heavy atom. The minimum atomic E-state index is -0.483. The van der Waals surface area contributed by atoms with Gasteiger partial charge in [0.1, 0.15) is 0 Å². The molecule has 0 aliphatic heterocycles. The maximum Gasteiger partial charge on any atom is 0.248 e. The zero-order chi connectivity index (χ0) is 15.5. The highest BCUT2D eigenvalue weighted by molar-refractivity contribution is 5.96. The molecule has 3 aromatic rings. The number of nitrogens with zero attached hydrogens (tertiary/aromatic N) is 2. The molecule has 0 saturated carbocycles. The Morgan fingerprint density at radius 1 is 1.14 bits per heavy atom. The molecule has 0 fully saturated rings. The maximum atomic E-state index is 12.1. The molecule has 6 nitrogen and oxygen atoms in total. The Morgan fingerprint density at radius 3 is 2.64 bits per heavy atom. The van der Waals surface area contributed by atoms with Crippen LogP contribution in [-0.4, -0.2) is 21.4 Å². The van der Waals surface area contributed by atoms with Crippen molar-refractivity contribution in [3.05, 3.63) is 66.0 Å². The summed E-state index contributed by atoms with van der Waals surface area (Å²) in [5.74, 6) is -0.621. The quantitative estimate of drug-likeness (QED) is 0.766. The lowest BCUT2D eigenvalue weighted by atomic mass is 10.1. The first-order valence-electron chi connectivity index (χ1n) is 6.74. The Hall–Kier alpha value is -3.15. The second-order valence-electron chi connectivity index (χ2n) is 4.87. The highest BCUT2D eigenvalue weighted by Crippen LogP contribution is 2.16. The van der Waals surface area contributed by atoms with Crippen LogP contribution < -0.4 is 11.1 Å². The van der Waals surface area contributed by atoms with Gasteiger partial charge in [-0.25, -0.2) is 4.52 Å². The van der Waals surface area contributed by atoms with Crippen LogP contribution in [0.3, 0.4) is 0 Å². The molecular formula is C16H14N4O2. The molecule has 0 radical (unpaired) electrons. The normalized spacial score (nSPS) is 10.5. The SMILES string of the molecule is NC(=O)c1ccc(CC(=O)Nc2cccn3nccc23)cc1. The number of nitrogens with one attached hydrogen (secondary N) is 1. The van der Waals surface area contributed by atoms with Gasteiger partial charge >= 0.3 is 0 Å². The molecule has 3 N–H and O–H groups in total. The first-order chi connectivity index (χ1) is 10.6. The fourth-order valence-corrected chi connectivity index (χ4v) is 2.22. The van der Waals surface area contributed by atoms with E-state index in [1.165, 1.54) is 0 Å². The Labute approximate surface area is 126 Å². The van der Waals surface area contributed by atoms with Crippen LogP contribution in [0.2, 0.25) is 0 Å². The van der Waals surface area contributed by atoms with Crippen LogP contribution in [0.4, 0.5) is 5.69 Å². The van der Waals surface area contributed by atoms with Gasteiger partial charge in [0.05, 0.1) is 23.8 Å². The smallest absolute Gasteiger partial charge is 0.248 e. The van der Waals surface area contributed by atoms with E-state index in [4.69, 9.17) is 5.73 Å². The number of nitrogens with two attached hydrogens (primary N) is 1. The van der Waals surface area contributed by atoms with E-state index in [-0.39, 0.29) is 12.3 Å². The number of hydrogen-bond donors (Lipinski definition) is 2. The Kier molecular flexibility index (Phi) is 3.57. The molecule has 1 aromatic carbocycles. The molecule has 6 heteroatoms. The van der Waals surface area contributed by atoms with E-state index in [2.05, 4.69) is 10.4 Å². The van der Waals surface area contributed by atoms with E-state index in [1.807, 2.05) is 24.4 Å². The minimum absolute atomic E-state index is 0.138. The van der Waals surface area contributed by atoms with Crippen molar-refractivity contribution in [3.8, 4) is 0 Å². The highest BCUT2D eigenvalue weighted by Gasteiger charge is 2.08. The van der Waals surface area contributed by atoms with Crippen molar-refractivity contribution in [1.29, 1.82) is 0 Å². The van der Waals surface area contributed by atoms with Crippen molar-refractivity contribution in [2.45, 2.75) is 6.42 Å². The lowest BCUT2D eigenvalue weighted by molar-refractivity contribution is -0.115. The average Bonchev–Trinajstić information content (AvgIpc) is 2.97. The number of aromatic nitrogens is 2. The summed E-state index contributed by atoms with van der Waals surface area (Å²) in [5, 5.41) is 6.98. The minimum Gasteiger partial charge on any atom is -0.366 e. The second-order valence-corrected chi connectivity index (χ2v) is 4.87. The summed E-state index contributed by atoms with van der Waals surface area (Å²) in [6.07, 6.45) is 3.70. The largest absolute Gasteiger partial charge is 0.366 e. The summed E-state index contributed by atoms with van der Waals surface area (Å²) < 4.78 is 1.69. The van der Waals surface area contributed by atoms with Gasteiger partial charge in [0.2, 0.25) is 11.8 Å². The number of benzene rings is 1. The van der Waals surface area contributed by atoms with Gasteiger partial charge in [-0.2, -0.15) is 5.10 Å². The predicted molar refractivity (Wildman–Crippen MR) is 82.5 cm³/mol. The second kappa shape index (κ2) is 5.69. The van der Waals surface area contributed by atoms with E-state index in [0.717, 1.165) is 11.1 Å². The van der Waals surface area contributed by atoms with Gasteiger partial charge in [0.25, 0.3) is 0 Å². The number of amides is 2. The third-order valence-corrected chi connectivity index (χ3v) is 3.31. The van der Waals surface area contributed by atoms with E-state index in [9.17, 15) is 9.59 Å². The number of primary amides is 1. The van der Waals surface area contributed by atoms with Gasteiger partial charge < -0.3 is 11.1 Å². The van der Waals surface area contributed by atoms with E-state index >= 15 is 0 Å². The van der Waals surface area contributed by atoms with Crippen molar-refractivity contribution in [3.63, 3.8) is 0 Å². The number of rotatable bonds is 4. The monoisotopic (exact) mass is 294 g/mol. The molecule has 2 heterocycles. The van der Waals surface area contributed by atoms with E-state index in [1.54, 1.807) is 35.0 Å². The predicted octanol–water partition coefficient (Wildman–Crippen LogP) is 1.61. The number of carbonyl (C=O) groups excluding carboxylic acids is 2. The van der Waals surface area contributed by atoms with Gasteiger partial charge in [-0.3, -0.25) is 9.59 Å². The number of anilines is 1. The number of carbonyl (C=O) groups is 2. The molecule has 0 bridgehead atoms. The van der Waals surface area contributed by atoms with Crippen LogP contribution in [-0.2, 0) is 11.2 Å². The van der Waals surface area contributed by atoms with Gasteiger partial charge in [-0.05, 0) is 35.9 Å². The molecule has 0 unspecified atom stereocenters. The van der Waals surface area contributed by atoms with Crippen LogP contribution in [0.1, 0.15) is 15.9 Å². The standard InChI is InChI=1S/C16H14N4O2/c17-16(22)12-5-3-11(4-6-12)10-15(21)19-13-2-1-9-20-14(13)7-8-18-20/h1-9H,10H2,(H2,17,22)(H,19,21). The van der Waals surface area contributed by atoms with Gasteiger partial charge in [0.15, 0.2) is 0 Å². The molecule has 22 heavy (non-hydrogen) atoms. The van der Waals surface area contributed by atoms with Crippen molar-refractivity contribution in [1.82, 2.24) is 9.61 Å². The zero-order valence-electron chi connectivity index (χ0n) is 11.7. The first-order valence-corrected chi connectivity index (χ1v) is 6.74. The number of pyridine rings is 1. The highest BCUT2D eigenvalue weighted by atomic mass is 16.1. The molecule has 0 aliphatic rings. The van der Waals surface area contributed by atoms with Crippen molar-refractivity contribution >= 4 is 23.0 Å². The van der Waals surface area contributed by atoms with Crippen LogP contribution in [0.25, 0.3) is 5.52 Å². The van der Waals surface area contributed by atoms with Crippen molar-refractivity contribution < 1.29 is 9.59 Å². The molecule has 2 amide bonds. The fraction of sp³-hybridized carbons (Fsp3) is 0.0625. The van der Waals surface area contributed by atoms with E-state index < -0.39 is 5.91 Å². The summed E-state index contributed by atoms with van der Waals surface area (Å²) in [6, 6.07) is 12.1. The average molecular weight is 294 g/mol. The molecule has 2 aromatic heterocycles. The summed E-state index contributed by atoms with van der Waals surface area (Å²) in [7, 11) is 0. The molecule has 3 rings (SSSR count). The maximum absolute atomic E-state index is 12.1. The molecule has 0 atom stereocenters. The molecular weight excluding hydrogens is 280 g/mol. The number of fused-ring (bicyclic) bond motifs is 1. The Bertz CT molecular complexity index is 837. The van der Waals surface area contributed by atoms with Crippen molar-refractivity contribution in [2.75, 3.05) is 5.32 Å². The Balaban J connectivity index is 1.72. The van der Waals surface area contributed by atoms with Crippen LogP contribution in [0, 0.1) is 0 Å². The van der Waals surface area contributed by atoms with E-state index in [0.29, 0.717) is 11.3 Å². The molecule has 110 valence electrons. The molecule has 0 saturated heterocycles. The summed E-state index contributed by atoms with van der Waals surface area (Å²) in [6.45, 7) is 0. The zero-order valence-corrected chi connectivity index (χ0v) is 11.7. The van der Waals surface area contributed by atoms with Crippen LogP contribution in [0.5, 0.6) is 0 Å². The molecule has 0 aliphatic carbocycles. The molecule has 0 spiro atoms. The van der Waals surface area contributed by atoms with Gasteiger partial charge in [-0.15, -0.1) is 0 Å². The lowest BCUT2D eigenvalue weighted by Gasteiger charge is -2.07. The summed E-state index contributed by atoms with van der Waals surface area (Å²) in [4.78, 5) is 23.1.